The van der Waals surface area contributed by atoms with E-state index in [4.69, 9.17) is 5.11 Å². The van der Waals surface area contributed by atoms with Crippen molar-refractivity contribution in [2.24, 2.45) is 17.8 Å². The maximum atomic E-state index is 12.0. The quantitative estimate of drug-likeness (QED) is 0.878. The number of aryl methyl sites for hydroxylation is 1. The largest absolute Gasteiger partial charge is 0.478 e. The van der Waals surface area contributed by atoms with Gasteiger partial charge < -0.3 is 10.4 Å². The van der Waals surface area contributed by atoms with Gasteiger partial charge in [-0.1, -0.05) is 0 Å². The van der Waals surface area contributed by atoms with Crippen LogP contribution in [0, 0.1) is 24.7 Å². The minimum atomic E-state index is -1.04. The van der Waals surface area contributed by atoms with Gasteiger partial charge in [-0.05, 0) is 49.6 Å². The predicted molar refractivity (Wildman–Crippen MR) is 66.8 cm³/mol. The summed E-state index contributed by atoms with van der Waals surface area (Å²) in [5.74, 6) is 0.447. The third-order valence-electron chi connectivity index (χ3n) is 3.93. The Kier molecular flexibility index (Phi) is 2.62. The van der Waals surface area contributed by atoms with E-state index in [0.29, 0.717) is 10.7 Å². The summed E-state index contributed by atoms with van der Waals surface area (Å²) in [7, 11) is 0. The Labute approximate surface area is 108 Å². The number of amides is 1. The van der Waals surface area contributed by atoms with E-state index in [1.165, 1.54) is 6.42 Å². The molecule has 2 atom stereocenters. The maximum absolute atomic E-state index is 12.0. The van der Waals surface area contributed by atoms with E-state index >= 15 is 0 Å². The number of anilines is 1. The molecule has 0 radical (unpaired) electrons. The molecule has 0 spiro atoms. The summed E-state index contributed by atoms with van der Waals surface area (Å²) < 4.78 is 3.99. The minimum Gasteiger partial charge on any atom is -0.478 e. The zero-order valence-electron chi connectivity index (χ0n) is 9.97. The van der Waals surface area contributed by atoms with Crippen LogP contribution in [-0.4, -0.2) is 21.4 Å². The highest BCUT2D eigenvalue weighted by molar-refractivity contribution is 7.11. The van der Waals surface area contributed by atoms with Crippen LogP contribution >= 0.6 is 11.5 Å². The first-order valence-corrected chi connectivity index (χ1v) is 6.84. The smallest absolute Gasteiger partial charge is 0.340 e. The molecule has 0 aliphatic heterocycles. The Balaban J connectivity index is 1.72. The Morgan fingerprint density at radius 1 is 1.33 bits per heavy atom. The third-order valence-corrected chi connectivity index (χ3v) is 4.78. The van der Waals surface area contributed by atoms with E-state index in [0.717, 1.165) is 36.2 Å². The van der Waals surface area contributed by atoms with Gasteiger partial charge in [0.25, 0.3) is 0 Å². The molecular weight excluding hydrogens is 252 g/mol. The van der Waals surface area contributed by atoms with E-state index in [9.17, 15) is 9.59 Å². The standard InChI is InChI=1S/C12H14N2O3S/c1-5-9(12(16)17)11(18-14-5)13-10(15)8-3-6-2-7(6)4-8/h6-8H,2-4H2,1H3,(H,13,15)(H,16,17). The highest BCUT2D eigenvalue weighted by Gasteiger charge is 2.48. The average Bonchev–Trinajstić information content (AvgIpc) is 2.75. The number of fused-ring (bicyclic) bond motifs is 1. The van der Waals surface area contributed by atoms with E-state index in [1.807, 2.05) is 0 Å². The van der Waals surface area contributed by atoms with Crippen molar-refractivity contribution in [3.05, 3.63) is 11.3 Å². The molecule has 2 N–H and O–H groups in total. The van der Waals surface area contributed by atoms with E-state index in [2.05, 4.69) is 9.69 Å². The van der Waals surface area contributed by atoms with Crippen LogP contribution in [0.3, 0.4) is 0 Å². The molecular formula is C12H14N2O3S. The van der Waals surface area contributed by atoms with Gasteiger partial charge >= 0.3 is 5.97 Å². The molecule has 6 heteroatoms. The summed E-state index contributed by atoms with van der Waals surface area (Å²) in [4.78, 5) is 23.1. The number of carbonyl (C=O) groups excluding carboxylic acids is 1. The average molecular weight is 266 g/mol. The monoisotopic (exact) mass is 266 g/mol. The van der Waals surface area contributed by atoms with Crippen molar-refractivity contribution in [3.63, 3.8) is 0 Å². The third kappa shape index (κ3) is 1.90. The summed E-state index contributed by atoms with van der Waals surface area (Å²) in [6.45, 7) is 1.64. The molecule has 5 nitrogen and oxygen atoms in total. The summed E-state index contributed by atoms with van der Waals surface area (Å²) in [6.07, 6.45) is 3.18. The molecule has 2 aliphatic carbocycles. The molecule has 18 heavy (non-hydrogen) atoms. The van der Waals surface area contributed by atoms with Crippen molar-refractivity contribution in [1.82, 2.24) is 4.37 Å². The van der Waals surface area contributed by atoms with Crippen LogP contribution in [0.1, 0.15) is 35.3 Å². The van der Waals surface area contributed by atoms with Gasteiger partial charge in [0.15, 0.2) is 0 Å². The highest BCUT2D eigenvalue weighted by Crippen LogP contribution is 2.54. The fourth-order valence-corrected chi connectivity index (χ4v) is 3.64. The number of nitrogens with zero attached hydrogens (tertiary/aromatic N) is 1. The number of nitrogens with one attached hydrogen (secondary N) is 1. The lowest BCUT2D eigenvalue weighted by atomic mass is 10.0. The number of aromatic nitrogens is 1. The van der Waals surface area contributed by atoms with Gasteiger partial charge in [-0.2, -0.15) is 4.37 Å². The zero-order chi connectivity index (χ0) is 12.9. The first-order chi connectivity index (χ1) is 8.56. The summed E-state index contributed by atoms with van der Waals surface area (Å²) >= 11 is 1.04. The van der Waals surface area contributed by atoms with Gasteiger partial charge in [0, 0.05) is 5.92 Å². The van der Waals surface area contributed by atoms with Crippen LogP contribution in [-0.2, 0) is 4.79 Å². The first-order valence-electron chi connectivity index (χ1n) is 6.06. The Morgan fingerprint density at radius 3 is 2.61 bits per heavy atom. The molecule has 2 unspecified atom stereocenters. The van der Waals surface area contributed by atoms with Gasteiger partial charge in [0.2, 0.25) is 5.91 Å². The van der Waals surface area contributed by atoms with E-state index in [1.54, 1.807) is 6.92 Å². The zero-order valence-corrected chi connectivity index (χ0v) is 10.8. The summed E-state index contributed by atoms with van der Waals surface area (Å²) in [5, 5.41) is 12.2. The van der Waals surface area contributed by atoms with Crippen LogP contribution in [0.5, 0.6) is 0 Å². The van der Waals surface area contributed by atoms with Crippen molar-refractivity contribution in [2.75, 3.05) is 5.32 Å². The molecule has 2 aliphatic rings. The molecule has 1 aromatic rings. The van der Waals surface area contributed by atoms with Crippen molar-refractivity contribution >= 4 is 28.4 Å². The lowest BCUT2D eigenvalue weighted by molar-refractivity contribution is -0.119. The number of aromatic carboxylic acids is 1. The van der Waals surface area contributed by atoms with Gasteiger partial charge in [0.05, 0.1) is 5.69 Å². The van der Waals surface area contributed by atoms with Gasteiger partial charge in [-0.3, -0.25) is 4.79 Å². The van der Waals surface area contributed by atoms with Gasteiger partial charge in [-0.25, -0.2) is 4.79 Å². The molecule has 0 saturated heterocycles. The molecule has 1 aromatic heterocycles. The van der Waals surface area contributed by atoms with Gasteiger partial charge in [-0.15, -0.1) is 0 Å². The Bertz CT molecular complexity index is 515. The van der Waals surface area contributed by atoms with Gasteiger partial charge in [0.1, 0.15) is 10.6 Å². The fraction of sp³-hybridized carbons (Fsp3) is 0.583. The van der Waals surface area contributed by atoms with Crippen molar-refractivity contribution in [1.29, 1.82) is 0 Å². The second-order valence-electron chi connectivity index (χ2n) is 5.19. The molecule has 0 aromatic carbocycles. The summed E-state index contributed by atoms with van der Waals surface area (Å²) in [5.41, 5.74) is 0.577. The first kappa shape index (κ1) is 11.6. The lowest BCUT2D eigenvalue weighted by Crippen LogP contribution is -2.22. The van der Waals surface area contributed by atoms with Crippen LogP contribution < -0.4 is 5.32 Å². The Morgan fingerprint density at radius 2 is 2.00 bits per heavy atom. The van der Waals surface area contributed by atoms with Crippen molar-refractivity contribution in [2.45, 2.75) is 26.2 Å². The fourth-order valence-electron chi connectivity index (χ4n) is 2.85. The number of hydrogen-bond acceptors (Lipinski definition) is 4. The number of carboxylic acid groups (broad SMARTS) is 1. The molecule has 2 saturated carbocycles. The van der Waals surface area contributed by atoms with Crippen molar-refractivity contribution in [3.8, 4) is 0 Å². The molecule has 96 valence electrons. The second kappa shape index (κ2) is 4.05. The number of rotatable bonds is 3. The summed E-state index contributed by atoms with van der Waals surface area (Å²) in [6, 6.07) is 0. The van der Waals surface area contributed by atoms with Crippen LogP contribution in [0.4, 0.5) is 5.00 Å². The molecule has 1 heterocycles. The van der Waals surface area contributed by atoms with Crippen LogP contribution in [0.2, 0.25) is 0 Å². The number of hydrogen-bond donors (Lipinski definition) is 2. The molecule has 3 rings (SSSR count). The van der Waals surface area contributed by atoms with Crippen LogP contribution in [0.15, 0.2) is 0 Å². The van der Waals surface area contributed by atoms with Crippen LogP contribution in [0.25, 0.3) is 0 Å². The molecule has 1 amide bonds. The second-order valence-corrected chi connectivity index (χ2v) is 5.96. The normalized spacial score (nSPS) is 28.8. The SMILES string of the molecule is Cc1nsc(NC(=O)C2CC3CC3C2)c1C(=O)O. The van der Waals surface area contributed by atoms with E-state index in [-0.39, 0.29) is 17.4 Å². The maximum Gasteiger partial charge on any atom is 0.340 e. The lowest BCUT2D eigenvalue weighted by Gasteiger charge is -2.11. The number of carboxylic acids is 1. The topological polar surface area (TPSA) is 79.3 Å². The predicted octanol–water partition coefficient (Wildman–Crippen LogP) is 2.13. The van der Waals surface area contributed by atoms with E-state index < -0.39 is 5.97 Å². The Hall–Kier alpha value is -1.43. The molecule has 0 bridgehead atoms. The number of carbonyl (C=O) groups is 2. The highest BCUT2D eigenvalue weighted by atomic mass is 32.1. The molecule has 2 fully saturated rings. The van der Waals surface area contributed by atoms with Crippen molar-refractivity contribution < 1.29 is 14.7 Å². The minimum absolute atomic E-state index is 0.0478.